The van der Waals surface area contributed by atoms with Crippen molar-refractivity contribution in [3.05, 3.63) is 63.7 Å². The monoisotopic (exact) mass is 503 g/mol. The standard InChI is InChI=1S/C20H16ClN7.C2HF3O2/c1-11-7-14(10-23)8-12(2)17(11)26-19-16(21)18(24)27-20(28-19)25-15-5-3-13(9-22)4-6-15;3-2(4,5)1(6)7/h3-8H,1-2H3,(H4,24,25,26,27,28);(H,6,7). The number of benzene rings is 2. The van der Waals surface area contributed by atoms with Gasteiger partial charge in [-0.15, -0.1) is 0 Å². The lowest BCUT2D eigenvalue weighted by Crippen LogP contribution is -2.21. The van der Waals surface area contributed by atoms with Crippen LogP contribution >= 0.6 is 11.6 Å². The molecule has 0 atom stereocenters. The number of alkyl halides is 3. The lowest BCUT2D eigenvalue weighted by atomic mass is 10.0. The van der Waals surface area contributed by atoms with Crippen molar-refractivity contribution in [1.82, 2.24) is 9.97 Å². The molecule has 0 amide bonds. The summed E-state index contributed by atoms with van der Waals surface area (Å²) >= 11 is 6.29. The molecule has 3 rings (SSSR count). The molecule has 0 fully saturated rings. The molecule has 9 nitrogen and oxygen atoms in total. The Morgan fingerprint density at radius 2 is 1.54 bits per heavy atom. The minimum atomic E-state index is -5.08. The van der Waals surface area contributed by atoms with Gasteiger partial charge in [0.1, 0.15) is 10.8 Å². The Morgan fingerprint density at radius 3 is 2.00 bits per heavy atom. The van der Waals surface area contributed by atoms with E-state index < -0.39 is 12.1 Å². The summed E-state index contributed by atoms with van der Waals surface area (Å²) in [6.45, 7) is 3.79. The first-order chi connectivity index (χ1) is 16.3. The minimum Gasteiger partial charge on any atom is -0.475 e. The molecule has 35 heavy (non-hydrogen) atoms. The highest BCUT2D eigenvalue weighted by atomic mass is 35.5. The Morgan fingerprint density at radius 1 is 1.03 bits per heavy atom. The third-order valence-electron chi connectivity index (χ3n) is 4.29. The molecule has 0 saturated heterocycles. The van der Waals surface area contributed by atoms with E-state index >= 15 is 0 Å². The van der Waals surface area contributed by atoms with Gasteiger partial charge in [-0.1, -0.05) is 11.6 Å². The molecule has 5 N–H and O–H groups in total. The van der Waals surface area contributed by atoms with Gasteiger partial charge in [-0.25, -0.2) is 4.79 Å². The normalized spacial score (nSPS) is 10.3. The molecule has 3 aromatic rings. The zero-order valence-corrected chi connectivity index (χ0v) is 19.0. The van der Waals surface area contributed by atoms with Crippen LogP contribution in [0.2, 0.25) is 5.02 Å². The van der Waals surface area contributed by atoms with Crippen LogP contribution in [0.5, 0.6) is 0 Å². The van der Waals surface area contributed by atoms with Crippen molar-refractivity contribution >= 4 is 46.5 Å². The molecule has 0 aliphatic carbocycles. The second-order valence-corrected chi connectivity index (χ2v) is 7.31. The summed E-state index contributed by atoms with van der Waals surface area (Å²) < 4.78 is 31.7. The third-order valence-corrected chi connectivity index (χ3v) is 4.67. The van der Waals surface area contributed by atoms with Crippen molar-refractivity contribution in [3.63, 3.8) is 0 Å². The highest BCUT2D eigenvalue weighted by Gasteiger charge is 2.38. The maximum atomic E-state index is 10.6. The van der Waals surface area contributed by atoms with Crippen LogP contribution in [0.4, 0.5) is 42.1 Å². The predicted molar refractivity (Wildman–Crippen MR) is 123 cm³/mol. The van der Waals surface area contributed by atoms with Gasteiger partial charge in [0.15, 0.2) is 5.82 Å². The molecule has 0 spiro atoms. The topological polar surface area (TPSA) is 161 Å². The molecule has 0 radical (unpaired) electrons. The fourth-order valence-electron chi connectivity index (χ4n) is 2.70. The molecule has 13 heteroatoms. The van der Waals surface area contributed by atoms with Gasteiger partial charge < -0.3 is 21.5 Å². The Balaban J connectivity index is 0.000000540. The van der Waals surface area contributed by atoms with E-state index in [2.05, 4.69) is 32.7 Å². The molecule has 1 aromatic heterocycles. The highest BCUT2D eigenvalue weighted by Crippen LogP contribution is 2.32. The number of nitrogens with two attached hydrogens (primary N) is 1. The van der Waals surface area contributed by atoms with Gasteiger partial charge in [-0.05, 0) is 61.4 Å². The van der Waals surface area contributed by atoms with Crippen LogP contribution in [0.1, 0.15) is 22.3 Å². The van der Waals surface area contributed by atoms with E-state index in [-0.39, 0.29) is 16.8 Å². The Hall–Kier alpha value is -4.55. The van der Waals surface area contributed by atoms with Crippen molar-refractivity contribution < 1.29 is 23.1 Å². The number of aliphatic carboxylic acids is 1. The van der Waals surface area contributed by atoms with Crippen LogP contribution < -0.4 is 16.4 Å². The smallest absolute Gasteiger partial charge is 0.475 e. The number of anilines is 5. The van der Waals surface area contributed by atoms with Gasteiger partial charge in [-0.2, -0.15) is 33.7 Å². The molecule has 0 aliphatic heterocycles. The van der Waals surface area contributed by atoms with E-state index in [0.29, 0.717) is 22.6 Å². The number of nitriles is 2. The molecule has 0 bridgehead atoms. The van der Waals surface area contributed by atoms with E-state index in [1.807, 2.05) is 13.8 Å². The largest absolute Gasteiger partial charge is 0.490 e. The van der Waals surface area contributed by atoms with Gasteiger partial charge in [-0.3, -0.25) is 0 Å². The summed E-state index contributed by atoms with van der Waals surface area (Å²) in [6, 6.07) is 14.6. The average molecular weight is 504 g/mol. The number of hydrogen-bond donors (Lipinski definition) is 4. The zero-order valence-electron chi connectivity index (χ0n) is 18.2. The van der Waals surface area contributed by atoms with Gasteiger partial charge >= 0.3 is 12.1 Å². The highest BCUT2D eigenvalue weighted by molar-refractivity contribution is 6.35. The number of carbonyl (C=O) groups is 1. The quantitative estimate of drug-likeness (QED) is 0.375. The maximum Gasteiger partial charge on any atom is 0.490 e. The average Bonchev–Trinajstić information content (AvgIpc) is 2.79. The van der Waals surface area contributed by atoms with Crippen molar-refractivity contribution in [2.24, 2.45) is 0 Å². The maximum absolute atomic E-state index is 10.6. The number of carboxylic acid groups (broad SMARTS) is 1. The number of aryl methyl sites for hydroxylation is 2. The number of nitrogen functional groups attached to an aromatic ring is 1. The Kier molecular flexibility index (Phi) is 8.43. The lowest BCUT2D eigenvalue weighted by molar-refractivity contribution is -0.192. The van der Waals surface area contributed by atoms with Crippen LogP contribution in [0, 0.1) is 36.5 Å². The zero-order chi connectivity index (χ0) is 26.3. The number of rotatable bonds is 4. The number of halogens is 4. The minimum absolute atomic E-state index is 0.124. The van der Waals surface area contributed by atoms with E-state index in [1.54, 1.807) is 36.4 Å². The third kappa shape index (κ3) is 7.22. The van der Waals surface area contributed by atoms with Gasteiger partial charge in [0.05, 0.1) is 23.3 Å². The summed E-state index contributed by atoms with van der Waals surface area (Å²) in [5, 5.41) is 31.6. The van der Waals surface area contributed by atoms with E-state index in [0.717, 1.165) is 16.8 Å². The SMILES string of the molecule is Cc1cc(C#N)cc(C)c1Nc1nc(Nc2ccc(C#N)cc2)nc(N)c1Cl.O=C(O)C(F)(F)F. The first-order valence-corrected chi connectivity index (χ1v) is 9.92. The molecular weight excluding hydrogens is 487 g/mol. The second-order valence-electron chi connectivity index (χ2n) is 6.93. The molecule has 0 unspecified atom stereocenters. The van der Waals surface area contributed by atoms with Crippen molar-refractivity contribution in [3.8, 4) is 12.1 Å². The van der Waals surface area contributed by atoms with Crippen molar-refractivity contribution in [1.29, 1.82) is 10.5 Å². The number of nitrogens with one attached hydrogen (secondary N) is 2. The first-order valence-electron chi connectivity index (χ1n) is 9.54. The predicted octanol–water partition coefficient (Wildman–Crippen LogP) is 5.19. The van der Waals surface area contributed by atoms with Crippen LogP contribution in [0.3, 0.4) is 0 Å². The fourth-order valence-corrected chi connectivity index (χ4v) is 2.84. The summed E-state index contributed by atoms with van der Waals surface area (Å²) in [6.07, 6.45) is -5.08. The van der Waals surface area contributed by atoms with E-state index in [9.17, 15) is 13.2 Å². The van der Waals surface area contributed by atoms with Crippen LogP contribution in [-0.2, 0) is 4.79 Å². The molecule has 180 valence electrons. The van der Waals surface area contributed by atoms with E-state index in [1.165, 1.54) is 0 Å². The molecule has 0 saturated carbocycles. The van der Waals surface area contributed by atoms with Crippen molar-refractivity contribution in [2.45, 2.75) is 20.0 Å². The number of aromatic nitrogens is 2. The van der Waals surface area contributed by atoms with E-state index in [4.69, 9.17) is 37.8 Å². The fraction of sp³-hybridized carbons (Fsp3) is 0.136. The second kappa shape index (κ2) is 11.0. The summed E-state index contributed by atoms with van der Waals surface area (Å²) in [5.74, 6) is -2.02. The molecule has 2 aromatic carbocycles. The summed E-state index contributed by atoms with van der Waals surface area (Å²) in [5.41, 5.74) is 10.3. The molecular formula is C22H17ClF3N7O2. The summed E-state index contributed by atoms with van der Waals surface area (Å²) in [4.78, 5) is 17.5. The van der Waals surface area contributed by atoms with Crippen LogP contribution in [0.15, 0.2) is 36.4 Å². The Labute approximate surface area is 202 Å². The number of hydrogen-bond acceptors (Lipinski definition) is 8. The first kappa shape index (κ1) is 26.7. The Bertz CT molecular complexity index is 1310. The number of nitrogens with zero attached hydrogens (tertiary/aromatic N) is 4. The van der Waals surface area contributed by atoms with Gasteiger partial charge in [0.25, 0.3) is 0 Å². The molecule has 0 aliphatic rings. The lowest BCUT2D eigenvalue weighted by Gasteiger charge is -2.15. The van der Waals surface area contributed by atoms with Crippen LogP contribution in [-0.4, -0.2) is 27.2 Å². The van der Waals surface area contributed by atoms with Crippen molar-refractivity contribution in [2.75, 3.05) is 16.4 Å². The molecule has 1 heterocycles. The van der Waals surface area contributed by atoms with Gasteiger partial charge in [0.2, 0.25) is 5.95 Å². The van der Waals surface area contributed by atoms with Crippen LogP contribution in [0.25, 0.3) is 0 Å². The summed E-state index contributed by atoms with van der Waals surface area (Å²) in [7, 11) is 0. The number of carboxylic acids is 1. The van der Waals surface area contributed by atoms with Gasteiger partial charge in [0, 0.05) is 11.4 Å².